The molecule has 6 nitrogen and oxygen atoms in total. The molecule has 0 saturated heterocycles. The molecule has 11 aromatic carbocycles. The van der Waals surface area contributed by atoms with Crippen molar-refractivity contribution in [2.45, 2.75) is 0 Å². The molecule has 0 aliphatic carbocycles. The summed E-state index contributed by atoms with van der Waals surface area (Å²) < 4.78 is 9.90. The maximum atomic E-state index is 5.76. The van der Waals surface area contributed by atoms with Crippen LogP contribution in [-0.2, 0) is 0 Å². The molecule has 0 radical (unpaired) electrons. The van der Waals surface area contributed by atoms with Crippen LogP contribution in [0.5, 0.6) is 0 Å². The van der Waals surface area contributed by atoms with Crippen LogP contribution in [0.25, 0.3) is 144 Å². The molecule has 0 amide bonds. The van der Waals surface area contributed by atoms with Crippen molar-refractivity contribution in [3.63, 3.8) is 0 Å². The van der Waals surface area contributed by atoms with Gasteiger partial charge in [0, 0.05) is 76.8 Å². The summed E-state index contributed by atoms with van der Waals surface area (Å²) in [5.74, 6) is 0.659. The molecular weight excluding hydrogens is 925 g/mol. The predicted molar refractivity (Wildman–Crippen MR) is 316 cm³/mol. The Morgan fingerprint density at radius 1 is 0.250 bits per heavy atom. The lowest BCUT2D eigenvalue weighted by Crippen LogP contribution is -2.02. The summed E-state index contributed by atoms with van der Waals surface area (Å²) in [6.45, 7) is 0. The largest absolute Gasteiger partial charge is 0.309 e. The van der Waals surface area contributed by atoms with Gasteiger partial charge >= 0.3 is 0 Å². The molecule has 5 aromatic heterocycles. The Labute approximate surface area is 436 Å². The van der Waals surface area contributed by atoms with Crippen LogP contribution in [-0.4, -0.2) is 28.2 Å². The van der Waals surface area contributed by atoms with E-state index in [0.717, 1.165) is 94.7 Å². The van der Waals surface area contributed by atoms with Gasteiger partial charge in [-0.3, -0.25) is 0 Å². The number of aromatic nitrogens is 6. The van der Waals surface area contributed by atoms with Crippen molar-refractivity contribution in [3.05, 3.63) is 267 Å². The summed E-state index contributed by atoms with van der Waals surface area (Å²) in [6, 6.07) is 96.2. The van der Waals surface area contributed by atoms with Crippen molar-refractivity contribution in [2.75, 3.05) is 0 Å². The zero-order valence-electron chi connectivity index (χ0n) is 41.1. The monoisotopic (exact) mass is 968 g/mol. The van der Waals surface area contributed by atoms with Crippen LogP contribution in [0, 0.1) is 0 Å². The highest BCUT2D eigenvalue weighted by Crippen LogP contribution is 2.49. The van der Waals surface area contributed by atoms with E-state index in [1.807, 2.05) is 0 Å². The van der Waals surface area contributed by atoms with Crippen molar-refractivity contribution < 1.29 is 0 Å². The van der Waals surface area contributed by atoms with Crippen LogP contribution < -0.4 is 0 Å². The number of fused-ring (bicyclic) bond motifs is 14. The van der Waals surface area contributed by atoms with E-state index in [-0.39, 0.29) is 0 Å². The molecule has 354 valence electrons. The van der Waals surface area contributed by atoms with Crippen molar-refractivity contribution in [3.8, 4) is 56.7 Å². The summed E-state index contributed by atoms with van der Waals surface area (Å²) in [4.78, 5) is 11.1. The molecule has 16 aromatic rings. The lowest BCUT2D eigenvalue weighted by molar-refractivity contribution is 1.15. The summed E-state index contributed by atoms with van der Waals surface area (Å²) in [6.07, 6.45) is 0. The van der Waals surface area contributed by atoms with Gasteiger partial charge in [0.15, 0.2) is 5.82 Å². The fraction of sp³-hybridized carbons (Fsp3) is 0. The third-order valence-corrected chi connectivity index (χ3v) is 15.5. The van der Waals surface area contributed by atoms with Gasteiger partial charge in [-0.15, -0.1) is 0 Å². The summed E-state index contributed by atoms with van der Waals surface area (Å²) >= 11 is 0. The number of hydrogen-bond acceptors (Lipinski definition) is 2. The zero-order chi connectivity index (χ0) is 49.8. The second kappa shape index (κ2) is 16.6. The molecule has 6 heteroatoms. The smallest absolute Gasteiger partial charge is 0.160 e. The molecule has 76 heavy (non-hydrogen) atoms. The maximum absolute atomic E-state index is 5.76. The highest BCUT2D eigenvalue weighted by Gasteiger charge is 2.29. The summed E-state index contributed by atoms with van der Waals surface area (Å²) in [5, 5.41) is 9.41. The molecule has 5 heterocycles. The molecule has 16 rings (SSSR count). The molecule has 0 atom stereocenters. The molecule has 0 aliphatic heterocycles. The van der Waals surface area contributed by atoms with Gasteiger partial charge in [-0.25, -0.2) is 9.97 Å². The molecule has 0 spiro atoms. The molecule has 0 aliphatic rings. The Kier molecular flexibility index (Phi) is 9.23. The summed E-state index contributed by atoms with van der Waals surface area (Å²) in [5.41, 5.74) is 18.0. The first-order valence-corrected chi connectivity index (χ1v) is 25.9. The first-order chi connectivity index (χ1) is 37.8. The van der Waals surface area contributed by atoms with Crippen molar-refractivity contribution in [2.24, 2.45) is 0 Å². The Morgan fingerprint density at radius 2 is 0.658 bits per heavy atom. The zero-order valence-corrected chi connectivity index (χ0v) is 41.1. The normalized spacial score (nSPS) is 11.9. The fourth-order valence-electron chi connectivity index (χ4n) is 12.4. The number of hydrogen-bond donors (Lipinski definition) is 0. The Morgan fingerprint density at radius 3 is 1.22 bits per heavy atom. The van der Waals surface area contributed by atoms with Crippen LogP contribution in [0.15, 0.2) is 267 Å². The number of para-hydroxylation sites is 6. The second-order valence-corrected chi connectivity index (χ2v) is 19.7. The highest BCUT2D eigenvalue weighted by molar-refractivity contribution is 6.31. The van der Waals surface area contributed by atoms with Crippen molar-refractivity contribution >= 4 is 87.2 Å². The Bertz CT molecular complexity index is 4890. The van der Waals surface area contributed by atoms with Gasteiger partial charge in [0.25, 0.3) is 0 Å². The lowest BCUT2D eigenvalue weighted by Gasteiger charge is -2.18. The van der Waals surface area contributed by atoms with Crippen LogP contribution in [0.1, 0.15) is 0 Å². The first kappa shape index (κ1) is 42.2. The van der Waals surface area contributed by atoms with Gasteiger partial charge in [-0.2, -0.15) is 0 Å². The van der Waals surface area contributed by atoms with Crippen LogP contribution in [0.3, 0.4) is 0 Å². The quantitative estimate of drug-likeness (QED) is 0.160. The highest BCUT2D eigenvalue weighted by atomic mass is 15.0. The van der Waals surface area contributed by atoms with Crippen molar-refractivity contribution in [1.29, 1.82) is 0 Å². The fourth-order valence-corrected chi connectivity index (χ4v) is 12.4. The standard InChI is InChI=1S/C70H44N6/c1-6-22-45(23-7-1)55-44-56(72-70(71-55)46-24-8-2-9-25-46)65-61(76-59-37-21-18-34-54(59)64-60(76)40-38-52-50-32-16-19-35-57(50)74(68(52)64)48-28-12-4-13-29-48)42-43-62-66(65)67-63(73(62)47-26-10-3-11-27-47)41-39-53-51-33-17-20-36-58(51)75(69(53)67)49-30-14-5-15-31-49/h1-44H. The van der Waals surface area contributed by atoms with Gasteiger partial charge in [0.05, 0.1) is 61.2 Å². The van der Waals surface area contributed by atoms with Gasteiger partial charge in [0.2, 0.25) is 0 Å². The van der Waals surface area contributed by atoms with E-state index < -0.39 is 0 Å². The minimum Gasteiger partial charge on any atom is -0.309 e. The number of benzene rings is 11. The third-order valence-electron chi connectivity index (χ3n) is 15.5. The number of nitrogens with zero attached hydrogens (tertiary/aromatic N) is 6. The Hall–Kier alpha value is -10.3. The van der Waals surface area contributed by atoms with Gasteiger partial charge in [0.1, 0.15) is 0 Å². The molecule has 0 N–H and O–H groups in total. The van der Waals surface area contributed by atoms with E-state index in [1.165, 1.54) is 43.4 Å². The minimum absolute atomic E-state index is 0.659. The van der Waals surface area contributed by atoms with E-state index in [4.69, 9.17) is 9.97 Å². The molecule has 0 saturated carbocycles. The number of rotatable bonds is 7. The topological polar surface area (TPSA) is 45.5 Å². The minimum atomic E-state index is 0.659. The van der Waals surface area contributed by atoms with Crippen LogP contribution in [0.4, 0.5) is 0 Å². The third kappa shape index (κ3) is 6.16. The van der Waals surface area contributed by atoms with Crippen molar-refractivity contribution in [1.82, 2.24) is 28.2 Å². The SMILES string of the molecule is c1ccc(-c2cc(-c3c(-n4c5ccccc5c5c4ccc4c6ccccc6n(-c6ccccc6)c45)ccc4c3c3c(ccc5c6ccccc6n(-c6ccccc6)c53)n4-c3ccccc3)nc(-c3ccccc3)n2)cc1. The van der Waals surface area contributed by atoms with E-state index in [0.29, 0.717) is 5.82 Å². The van der Waals surface area contributed by atoms with E-state index in [9.17, 15) is 0 Å². The molecule has 0 fully saturated rings. The average molecular weight is 969 g/mol. The second-order valence-electron chi connectivity index (χ2n) is 19.7. The van der Waals surface area contributed by atoms with E-state index in [1.54, 1.807) is 0 Å². The first-order valence-electron chi connectivity index (χ1n) is 25.9. The van der Waals surface area contributed by atoms with Gasteiger partial charge < -0.3 is 18.3 Å². The predicted octanol–water partition coefficient (Wildman–Crippen LogP) is 17.9. The van der Waals surface area contributed by atoms with Gasteiger partial charge in [-0.1, -0.05) is 182 Å². The molecule has 0 bridgehead atoms. The van der Waals surface area contributed by atoms with Gasteiger partial charge in [-0.05, 0) is 84.9 Å². The molecule has 0 unspecified atom stereocenters. The lowest BCUT2D eigenvalue weighted by atomic mass is 9.98. The van der Waals surface area contributed by atoms with Crippen LogP contribution >= 0.6 is 0 Å². The average Bonchev–Trinajstić information content (AvgIpc) is 4.42. The van der Waals surface area contributed by atoms with Crippen LogP contribution in [0.2, 0.25) is 0 Å². The van der Waals surface area contributed by atoms with E-state index >= 15 is 0 Å². The Balaban J connectivity index is 1.15. The maximum Gasteiger partial charge on any atom is 0.160 e. The molecular formula is C70H44N6. The van der Waals surface area contributed by atoms with E-state index in [2.05, 4.69) is 285 Å². The summed E-state index contributed by atoms with van der Waals surface area (Å²) in [7, 11) is 0.